The number of pyridine rings is 1. The number of aromatic nitrogens is 1. The van der Waals surface area contributed by atoms with Crippen molar-refractivity contribution < 1.29 is 22.7 Å². The van der Waals surface area contributed by atoms with Crippen LogP contribution in [-0.2, 0) is 6.18 Å². The van der Waals surface area contributed by atoms with E-state index >= 15 is 0 Å². The Bertz CT molecular complexity index is 709. The number of ketones is 1. The number of alkyl halides is 3. The standard InChI is InChI=1S/C16H12F3NO2/c1-22-15-5-3-2-4-12(15)14(21)7-6-11-8-9-20-10-13(11)16(17,18)19/h2-10H,1H3/b7-6+. The molecule has 0 bridgehead atoms. The van der Waals surface area contributed by atoms with Crippen molar-refractivity contribution in [2.75, 3.05) is 7.11 Å². The summed E-state index contributed by atoms with van der Waals surface area (Å²) in [4.78, 5) is 15.6. The summed E-state index contributed by atoms with van der Waals surface area (Å²) < 4.78 is 43.6. The minimum Gasteiger partial charge on any atom is -0.496 e. The van der Waals surface area contributed by atoms with Gasteiger partial charge in [0.05, 0.1) is 18.2 Å². The first-order chi connectivity index (χ1) is 10.4. The van der Waals surface area contributed by atoms with Gasteiger partial charge in [0.25, 0.3) is 0 Å². The second kappa shape index (κ2) is 6.43. The third-order valence-corrected chi connectivity index (χ3v) is 2.95. The average molecular weight is 307 g/mol. The summed E-state index contributed by atoms with van der Waals surface area (Å²) in [7, 11) is 1.42. The molecule has 0 fully saturated rings. The van der Waals surface area contributed by atoms with Crippen molar-refractivity contribution in [3.8, 4) is 5.75 Å². The molecule has 0 radical (unpaired) electrons. The average Bonchev–Trinajstić information content (AvgIpc) is 2.52. The number of benzene rings is 1. The summed E-state index contributed by atoms with van der Waals surface area (Å²) in [5.41, 5.74) is -0.728. The van der Waals surface area contributed by atoms with E-state index in [2.05, 4.69) is 4.98 Å². The summed E-state index contributed by atoms with van der Waals surface area (Å²) in [5.74, 6) is -0.0784. The van der Waals surface area contributed by atoms with Crippen LogP contribution in [0.2, 0.25) is 0 Å². The first-order valence-electron chi connectivity index (χ1n) is 6.30. The number of allylic oxidation sites excluding steroid dienone is 1. The molecule has 2 rings (SSSR count). The monoisotopic (exact) mass is 307 g/mol. The highest BCUT2D eigenvalue weighted by atomic mass is 19.4. The molecule has 0 spiro atoms. The van der Waals surface area contributed by atoms with Gasteiger partial charge in [-0.15, -0.1) is 0 Å². The Labute approximate surface area is 125 Å². The van der Waals surface area contributed by atoms with Crippen LogP contribution in [0, 0.1) is 0 Å². The first-order valence-corrected chi connectivity index (χ1v) is 6.30. The maximum Gasteiger partial charge on any atom is 0.418 e. The van der Waals surface area contributed by atoms with Crippen molar-refractivity contribution >= 4 is 11.9 Å². The first kappa shape index (κ1) is 15.8. The van der Waals surface area contributed by atoms with E-state index in [0.717, 1.165) is 18.3 Å². The lowest BCUT2D eigenvalue weighted by Gasteiger charge is -2.09. The van der Waals surface area contributed by atoms with Crippen molar-refractivity contribution in [3.05, 3.63) is 65.5 Å². The molecule has 0 saturated carbocycles. The molecule has 22 heavy (non-hydrogen) atoms. The van der Waals surface area contributed by atoms with E-state index in [-0.39, 0.29) is 11.1 Å². The third kappa shape index (κ3) is 3.52. The number of carbonyl (C=O) groups excluding carboxylic acids is 1. The largest absolute Gasteiger partial charge is 0.496 e. The highest BCUT2D eigenvalue weighted by Gasteiger charge is 2.32. The van der Waals surface area contributed by atoms with Gasteiger partial charge in [0.1, 0.15) is 5.75 Å². The van der Waals surface area contributed by atoms with Crippen molar-refractivity contribution in [2.24, 2.45) is 0 Å². The summed E-state index contributed by atoms with van der Waals surface area (Å²) in [5, 5.41) is 0. The van der Waals surface area contributed by atoms with Crippen molar-refractivity contribution in [1.82, 2.24) is 4.98 Å². The van der Waals surface area contributed by atoms with Crippen LogP contribution in [0.4, 0.5) is 13.2 Å². The predicted octanol–water partition coefficient (Wildman–Crippen LogP) is 4.01. The molecule has 0 amide bonds. The predicted molar refractivity (Wildman–Crippen MR) is 75.6 cm³/mol. The Morgan fingerprint density at radius 3 is 2.64 bits per heavy atom. The number of hydrogen-bond donors (Lipinski definition) is 0. The van der Waals surface area contributed by atoms with E-state index in [1.807, 2.05) is 0 Å². The molecule has 0 aliphatic heterocycles. The van der Waals surface area contributed by atoms with Gasteiger partial charge in [0.2, 0.25) is 0 Å². The number of carbonyl (C=O) groups is 1. The fraction of sp³-hybridized carbons (Fsp3) is 0.125. The minimum absolute atomic E-state index is 0.120. The molecule has 0 saturated heterocycles. The summed E-state index contributed by atoms with van der Waals surface area (Å²) >= 11 is 0. The number of nitrogens with zero attached hydrogens (tertiary/aromatic N) is 1. The van der Waals surface area contributed by atoms with Crippen molar-refractivity contribution in [1.29, 1.82) is 0 Å². The van der Waals surface area contributed by atoms with E-state index in [1.165, 1.54) is 19.4 Å². The number of hydrogen-bond acceptors (Lipinski definition) is 3. The second-order valence-electron chi connectivity index (χ2n) is 4.36. The Kier molecular flexibility index (Phi) is 4.60. The van der Waals surface area contributed by atoms with Crippen LogP contribution >= 0.6 is 0 Å². The summed E-state index contributed by atoms with van der Waals surface area (Å²) in [6.07, 6.45) is -0.348. The molecular formula is C16H12F3NO2. The van der Waals surface area contributed by atoms with Gasteiger partial charge in [-0.05, 0) is 29.8 Å². The van der Waals surface area contributed by atoms with Gasteiger partial charge in [-0.25, -0.2) is 0 Å². The lowest BCUT2D eigenvalue weighted by Crippen LogP contribution is -2.08. The Morgan fingerprint density at radius 1 is 1.23 bits per heavy atom. The molecular weight excluding hydrogens is 295 g/mol. The molecule has 1 aromatic carbocycles. The Balaban J connectivity index is 2.32. The highest BCUT2D eigenvalue weighted by molar-refractivity contribution is 6.08. The van der Waals surface area contributed by atoms with E-state index in [4.69, 9.17) is 4.74 Å². The van der Waals surface area contributed by atoms with E-state index in [0.29, 0.717) is 5.75 Å². The number of methoxy groups -OCH3 is 1. The van der Waals surface area contributed by atoms with Crippen LogP contribution in [0.5, 0.6) is 5.75 Å². The molecule has 114 valence electrons. The summed E-state index contributed by atoms with van der Waals surface area (Å²) in [6.45, 7) is 0. The highest BCUT2D eigenvalue weighted by Crippen LogP contribution is 2.32. The quantitative estimate of drug-likeness (QED) is 0.633. The van der Waals surface area contributed by atoms with Gasteiger partial charge in [-0.2, -0.15) is 13.2 Å². The van der Waals surface area contributed by atoms with E-state index in [1.54, 1.807) is 24.3 Å². The minimum atomic E-state index is -4.53. The lowest BCUT2D eigenvalue weighted by molar-refractivity contribution is -0.138. The molecule has 0 aliphatic rings. The SMILES string of the molecule is COc1ccccc1C(=O)/C=C/c1ccncc1C(F)(F)F. The van der Waals surface area contributed by atoms with E-state index < -0.39 is 17.5 Å². The van der Waals surface area contributed by atoms with Gasteiger partial charge in [0.15, 0.2) is 5.78 Å². The number of ether oxygens (including phenoxy) is 1. The van der Waals surface area contributed by atoms with Crippen LogP contribution < -0.4 is 4.74 Å². The third-order valence-electron chi connectivity index (χ3n) is 2.95. The van der Waals surface area contributed by atoms with Crippen LogP contribution in [0.1, 0.15) is 21.5 Å². The molecule has 3 nitrogen and oxygen atoms in total. The van der Waals surface area contributed by atoms with Crippen molar-refractivity contribution in [2.45, 2.75) is 6.18 Å². The molecule has 0 unspecified atom stereocenters. The van der Waals surface area contributed by atoms with Crippen LogP contribution in [0.3, 0.4) is 0 Å². The number of para-hydroxylation sites is 1. The second-order valence-corrected chi connectivity index (χ2v) is 4.36. The molecule has 6 heteroatoms. The smallest absolute Gasteiger partial charge is 0.418 e. The fourth-order valence-corrected chi connectivity index (χ4v) is 1.89. The van der Waals surface area contributed by atoms with Gasteiger partial charge in [0, 0.05) is 12.4 Å². The van der Waals surface area contributed by atoms with Crippen LogP contribution in [0.25, 0.3) is 6.08 Å². The fourth-order valence-electron chi connectivity index (χ4n) is 1.89. The molecule has 2 aromatic rings. The normalized spacial score (nSPS) is 11.6. The molecule has 1 heterocycles. The van der Waals surface area contributed by atoms with Gasteiger partial charge < -0.3 is 4.74 Å². The molecule has 1 aromatic heterocycles. The van der Waals surface area contributed by atoms with Gasteiger partial charge in [-0.3, -0.25) is 9.78 Å². The number of halogens is 3. The maximum atomic E-state index is 12.8. The zero-order chi connectivity index (χ0) is 16.2. The number of rotatable bonds is 4. The Hall–Kier alpha value is -2.63. The topological polar surface area (TPSA) is 39.2 Å². The molecule has 0 atom stereocenters. The van der Waals surface area contributed by atoms with E-state index in [9.17, 15) is 18.0 Å². The Morgan fingerprint density at radius 2 is 1.95 bits per heavy atom. The van der Waals surface area contributed by atoms with Gasteiger partial charge in [-0.1, -0.05) is 18.2 Å². The zero-order valence-electron chi connectivity index (χ0n) is 11.6. The molecule has 0 N–H and O–H groups in total. The zero-order valence-corrected chi connectivity index (χ0v) is 11.6. The van der Waals surface area contributed by atoms with Gasteiger partial charge >= 0.3 is 6.18 Å². The van der Waals surface area contributed by atoms with Crippen LogP contribution in [-0.4, -0.2) is 17.9 Å². The lowest BCUT2D eigenvalue weighted by atomic mass is 10.1. The van der Waals surface area contributed by atoms with Crippen molar-refractivity contribution in [3.63, 3.8) is 0 Å². The van der Waals surface area contributed by atoms with Crippen LogP contribution in [0.15, 0.2) is 48.8 Å². The molecule has 0 aliphatic carbocycles. The summed E-state index contributed by atoms with van der Waals surface area (Å²) in [6, 6.07) is 7.70. The maximum absolute atomic E-state index is 12.8.